The van der Waals surface area contributed by atoms with Crippen molar-refractivity contribution in [2.45, 2.75) is 26.9 Å². The van der Waals surface area contributed by atoms with E-state index in [0.717, 1.165) is 22.9 Å². The molecule has 0 unspecified atom stereocenters. The lowest BCUT2D eigenvalue weighted by Crippen LogP contribution is -2.19. The van der Waals surface area contributed by atoms with Gasteiger partial charge in [-0.1, -0.05) is 13.0 Å². The quantitative estimate of drug-likeness (QED) is 0.795. The highest BCUT2D eigenvalue weighted by Crippen LogP contribution is 2.20. The zero-order chi connectivity index (χ0) is 12.3. The first-order chi connectivity index (χ1) is 8.20. The van der Waals surface area contributed by atoms with Gasteiger partial charge in [0.1, 0.15) is 6.61 Å². The Morgan fingerprint density at radius 1 is 1.47 bits per heavy atom. The minimum absolute atomic E-state index is 0.195. The van der Waals surface area contributed by atoms with Gasteiger partial charge in [-0.15, -0.1) is 0 Å². The number of hydrogen-bond acceptors (Lipinski definition) is 2. The molecule has 1 aromatic heterocycles. The maximum Gasteiger partial charge on any atom is 0.240 e. The van der Waals surface area contributed by atoms with Crippen molar-refractivity contribution in [1.82, 2.24) is 10.5 Å². The van der Waals surface area contributed by atoms with Gasteiger partial charge in [-0.3, -0.25) is 9.63 Å². The highest BCUT2D eigenvalue weighted by molar-refractivity contribution is 5.83. The van der Waals surface area contributed by atoms with Crippen LogP contribution in [0.2, 0.25) is 0 Å². The minimum atomic E-state index is -0.195. The summed E-state index contributed by atoms with van der Waals surface area (Å²) in [6.45, 7) is 3.92. The Kier molecular flexibility index (Phi) is 3.44. The van der Waals surface area contributed by atoms with Gasteiger partial charge < -0.3 is 4.98 Å². The van der Waals surface area contributed by atoms with Gasteiger partial charge in [0.15, 0.2) is 0 Å². The van der Waals surface area contributed by atoms with E-state index in [1.165, 1.54) is 12.5 Å². The Bertz CT molecular complexity index is 531. The second kappa shape index (κ2) is 5.01. The lowest BCUT2D eigenvalue weighted by atomic mass is 10.1. The third kappa shape index (κ3) is 2.65. The summed E-state index contributed by atoms with van der Waals surface area (Å²) in [6.07, 6.45) is 2.92. The molecule has 0 aliphatic heterocycles. The number of carbonyl (C=O) groups excluding carboxylic acids is 1. The van der Waals surface area contributed by atoms with Crippen molar-refractivity contribution < 1.29 is 9.63 Å². The van der Waals surface area contributed by atoms with Crippen LogP contribution in [0.15, 0.2) is 24.4 Å². The molecule has 0 bridgehead atoms. The summed E-state index contributed by atoms with van der Waals surface area (Å²) in [5.74, 6) is -0.195. The molecule has 2 N–H and O–H groups in total. The van der Waals surface area contributed by atoms with E-state index < -0.39 is 0 Å². The molecule has 0 fully saturated rings. The molecule has 0 saturated carbocycles. The Morgan fingerprint density at radius 2 is 2.29 bits per heavy atom. The smallest absolute Gasteiger partial charge is 0.240 e. The molecule has 2 aromatic rings. The van der Waals surface area contributed by atoms with Gasteiger partial charge in [-0.25, -0.2) is 5.48 Å². The molecule has 2 rings (SSSR count). The van der Waals surface area contributed by atoms with Crippen LogP contribution in [-0.4, -0.2) is 10.9 Å². The van der Waals surface area contributed by atoms with Crippen molar-refractivity contribution >= 4 is 16.8 Å². The highest BCUT2D eigenvalue weighted by Gasteiger charge is 2.04. The molecule has 0 saturated heterocycles. The largest absolute Gasteiger partial charge is 0.361 e. The minimum Gasteiger partial charge on any atom is -0.361 e. The van der Waals surface area contributed by atoms with Crippen molar-refractivity contribution in [2.75, 3.05) is 0 Å². The van der Waals surface area contributed by atoms with Gasteiger partial charge in [0.25, 0.3) is 0 Å². The molecule has 90 valence electrons. The number of hydroxylamine groups is 1. The van der Waals surface area contributed by atoms with E-state index in [0.29, 0.717) is 6.61 Å². The molecule has 0 aliphatic rings. The van der Waals surface area contributed by atoms with Gasteiger partial charge in [0.05, 0.1) is 0 Å². The van der Waals surface area contributed by atoms with Gasteiger partial charge in [0.2, 0.25) is 5.91 Å². The van der Waals surface area contributed by atoms with E-state index in [1.54, 1.807) is 0 Å². The van der Waals surface area contributed by atoms with Crippen LogP contribution in [0.1, 0.15) is 25.0 Å². The number of benzene rings is 1. The Labute approximate surface area is 99.9 Å². The predicted molar refractivity (Wildman–Crippen MR) is 66.3 cm³/mol. The third-order valence-electron chi connectivity index (χ3n) is 2.68. The van der Waals surface area contributed by atoms with Crippen LogP contribution in [0, 0.1) is 0 Å². The van der Waals surface area contributed by atoms with E-state index in [1.807, 2.05) is 6.20 Å². The summed E-state index contributed by atoms with van der Waals surface area (Å²) in [5.41, 5.74) is 5.75. The van der Waals surface area contributed by atoms with Crippen LogP contribution in [0.25, 0.3) is 10.9 Å². The molecular weight excluding hydrogens is 216 g/mol. The number of carbonyl (C=O) groups is 1. The van der Waals surface area contributed by atoms with Crippen molar-refractivity contribution in [3.05, 3.63) is 35.5 Å². The van der Waals surface area contributed by atoms with E-state index in [-0.39, 0.29) is 5.91 Å². The first-order valence-corrected chi connectivity index (χ1v) is 5.68. The first-order valence-electron chi connectivity index (χ1n) is 5.68. The fourth-order valence-electron chi connectivity index (χ4n) is 1.78. The number of fused-ring (bicyclic) bond motifs is 1. The summed E-state index contributed by atoms with van der Waals surface area (Å²) in [5, 5.41) is 1.15. The average Bonchev–Trinajstić information content (AvgIpc) is 2.71. The number of nitrogens with one attached hydrogen (secondary N) is 2. The van der Waals surface area contributed by atoms with Crippen molar-refractivity contribution in [3.8, 4) is 0 Å². The van der Waals surface area contributed by atoms with Gasteiger partial charge >= 0.3 is 0 Å². The summed E-state index contributed by atoms with van der Waals surface area (Å²) in [4.78, 5) is 19.0. The molecule has 1 heterocycles. The number of H-pyrrole nitrogens is 1. The van der Waals surface area contributed by atoms with Crippen molar-refractivity contribution in [3.63, 3.8) is 0 Å². The van der Waals surface area contributed by atoms with Crippen LogP contribution in [-0.2, 0) is 22.7 Å². The Hall–Kier alpha value is -1.81. The lowest BCUT2D eigenvalue weighted by Gasteiger charge is -2.03. The molecule has 4 heteroatoms. The van der Waals surface area contributed by atoms with Gasteiger partial charge in [-0.05, 0) is 24.1 Å². The number of aromatic nitrogens is 1. The molecular formula is C13H16N2O2. The SMILES string of the molecule is CCc1ccc2[nH]cc(CONC(C)=O)c2c1. The molecule has 17 heavy (non-hydrogen) atoms. The normalized spacial score (nSPS) is 10.7. The molecule has 4 nitrogen and oxygen atoms in total. The first kappa shape index (κ1) is 11.7. The summed E-state index contributed by atoms with van der Waals surface area (Å²) >= 11 is 0. The second-order valence-corrected chi connectivity index (χ2v) is 3.99. The fraction of sp³-hybridized carbons (Fsp3) is 0.308. The number of aryl methyl sites for hydroxylation is 1. The van der Waals surface area contributed by atoms with Gasteiger partial charge in [0, 0.05) is 29.6 Å². The van der Waals surface area contributed by atoms with E-state index in [4.69, 9.17) is 4.84 Å². The lowest BCUT2D eigenvalue weighted by molar-refractivity contribution is -0.132. The van der Waals surface area contributed by atoms with Crippen LogP contribution in [0.5, 0.6) is 0 Å². The number of hydrogen-bond donors (Lipinski definition) is 2. The predicted octanol–water partition coefficient (Wildman–Crippen LogP) is 2.30. The molecule has 0 atom stereocenters. The number of amides is 1. The third-order valence-corrected chi connectivity index (χ3v) is 2.68. The second-order valence-electron chi connectivity index (χ2n) is 3.99. The Balaban J connectivity index is 2.19. The van der Waals surface area contributed by atoms with Crippen LogP contribution in [0.4, 0.5) is 0 Å². The number of aromatic amines is 1. The summed E-state index contributed by atoms with van der Waals surface area (Å²) in [6, 6.07) is 6.33. The average molecular weight is 232 g/mol. The highest BCUT2D eigenvalue weighted by atomic mass is 16.6. The monoisotopic (exact) mass is 232 g/mol. The van der Waals surface area contributed by atoms with Crippen LogP contribution < -0.4 is 5.48 Å². The Morgan fingerprint density at radius 3 is 3.00 bits per heavy atom. The summed E-state index contributed by atoms with van der Waals surface area (Å²) in [7, 11) is 0. The molecule has 1 amide bonds. The van der Waals surface area contributed by atoms with Crippen molar-refractivity contribution in [1.29, 1.82) is 0 Å². The van der Waals surface area contributed by atoms with Gasteiger partial charge in [-0.2, -0.15) is 0 Å². The van der Waals surface area contributed by atoms with Crippen LogP contribution in [0.3, 0.4) is 0 Å². The van der Waals surface area contributed by atoms with Crippen molar-refractivity contribution in [2.24, 2.45) is 0 Å². The molecule has 0 aliphatic carbocycles. The van der Waals surface area contributed by atoms with Crippen LogP contribution >= 0.6 is 0 Å². The van der Waals surface area contributed by atoms with E-state index in [9.17, 15) is 4.79 Å². The topological polar surface area (TPSA) is 54.1 Å². The number of rotatable bonds is 4. The van der Waals surface area contributed by atoms with E-state index in [2.05, 4.69) is 35.6 Å². The molecule has 0 radical (unpaired) electrons. The zero-order valence-electron chi connectivity index (χ0n) is 10.0. The summed E-state index contributed by atoms with van der Waals surface area (Å²) < 4.78 is 0. The molecule has 1 aromatic carbocycles. The standard InChI is InChI=1S/C13H16N2O2/c1-3-10-4-5-13-12(6-10)11(7-14-13)8-17-15-9(2)16/h4-7,14H,3,8H2,1-2H3,(H,15,16). The molecule has 0 spiro atoms. The van der Waals surface area contributed by atoms with E-state index >= 15 is 0 Å². The maximum absolute atomic E-state index is 10.7. The zero-order valence-corrected chi connectivity index (χ0v) is 10.0. The fourth-order valence-corrected chi connectivity index (χ4v) is 1.78. The maximum atomic E-state index is 10.7.